The minimum Gasteiger partial charge on any atom is -0.495 e. The van der Waals surface area contributed by atoms with Crippen molar-refractivity contribution in [1.82, 2.24) is 15.3 Å². The van der Waals surface area contributed by atoms with E-state index < -0.39 is 0 Å². The number of methoxy groups -OCH3 is 1. The Kier molecular flexibility index (Phi) is 8.54. The van der Waals surface area contributed by atoms with Crippen LogP contribution >= 0.6 is 0 Å². The van der Waals surface area contributed by atoms with Crippen molar-refractivity contribution in [2.75, 3.05) is 35.8 Å². The highest BCUT2D eigenvalue weighted by Gasteiger charge is 2.36. The highest BCUT2D eigenvalue weighted by atomic mass is 16.5. The number of carbonyl (C=O) groups is 2. The second kappa shape index (κ2) is 12.2. The first-order valence-corrected chi connectivity index (χ1v) is 14.3. The highest BCUT2D eigenvalue weighted by molar-refractivity contribution is 5.99. The molecule has 0 bridgehead atoms. The quantitative estimate of drug-likeness (QED) is 0.421. The van der Waals surface area contributed by atoms with Crippen molar-refractivity contribution < 1.29 is 19.4 Å². The van der Waals surface area contributed by atoms with Crippen LogP contribution in [0.5, 0.6) is 5.75 Å². The lowest BCUT2D eigenvalue weighted by Gasteiger charge is -2.31. The summed E-state index contributed by atoms with van der Waals surface area (Å²) in [5.41, 5.74) is 1.83. The first-order valence-electron chi connectivity index (χ1n) is 14.3. The van der Waals surface area contributed by atoms with Crippen LogP contribution in [0.2, 0.25) is 0 Å². The molecule has 3 N–H and O–H groups in total. The van der Waals surface area contributed by atoms with Gasteiger partial charge in [0, 0.05) is 31.2 Å². The fourth-order valence-electron chi connectivity index (χ4n) is 6.13. The first-order chi connectivity index (χ1) is 19.4. The van der Waals surface area contributed by atoms with E-state index in [0.29, 0.717) is 60.5 Å². The number of allylic oxidation sites excluding steroid dienone is 1. The molecule has 2 fully saturated rings. The number of rotatable bonds is 8. The lowest BCUT2D eigenvalue weighted by atomic mass is 9.93. The van der Waals surface area contributed by atoms with Crippen LogP contribution in [-0.4, -0.2) is 65.8 Å². The zero-order valence-corrected chi connectivity index (χ0v) is 23.4. The van der Waals surface area contributed by atoms with E-state index in [1.807, 2.05) is 6.08 Å². The number of hydrogen-bond acceptors (Lipinski definition) is 8. The van der Waals surface area contributed by atoms with Gasteiger partial charge in [-0.25, -0.2) is 4.98 Å². The van der Waals surface area contributed by atoms with Crippen LogP contribution in [0.1, 0.15) is 68.1 Å². The minimum atomic E-state index is -0.270. The van der Waals surface area contributed by atoms with E-state index in [0.717, 1.165) is 31.5 Å². The van der Waals surface area contributed by atoms with E-state index in [2.05, 4.69) is 27.1 Å². The summed E-state index contributed by atoms with van der Waals surface area (Å²) >= 11 is 0. The largest absolute Gasteiger partial charge is 0.495 e. The molecule has 2 heterocycles. The summed E-state index contributed by atoms with van der Waals surface area (Å²) in [5.74, 6) is 1.33. The summed E-state index contributed by atoms with van der Waals surface area (Å²) in [4.78, 5) is 39.6. The summed E-state index contributed by atoms with van der Waals surface area (Å²) in [6, 6.07) is 5.63. The maximum atomic E-state index is 13.3. The number of hydrogen-bond donors (Lipinski definition) is 3. The van der Waals surface area contributed by atoms with Gasteiger partial charge >= 0.3 is 0 Å². The van der Waals surface area contributed by atoms with Crippen molar-refractivity contribution in [3.8, 4) is 5.75 Å². The maximum Gasteiger partial charge on any atom is 0.251 e. The molecule has 1 aromatic carbocycles. The number of aromatic nitrogens is 2. The Morgan fingerprint density at radius 3 is 2.65 bits per heavy atom. The molecule has 1 aromatic heterocycles. The zero-order chi connectivity index (χ0) is 28.2. The monoisotopic (exact) mass is 548 g/mol. The van der Waals surface area contributed by atoms with E-state index in [9.17, 15) is 14.7 Å². The van der Waals surface area contributed by atoms with Crippen molar-refractivity contribution in [2.24, 2.45) is 5.92 Å². The van der Waals surface area contributed by atoms with Crippen LogP contribution in [0.25, 0.3) is 0 Å². The summed E-state index contributed by atoms with van der Waals surface area (Å²) < 4.78 is 5.62. The predicted molar refractivity (Wildman–Crippen MR) is 155 cm³/mol. The molecule has 5 rings (SSSR count). The number of anilines is 4. The number of nitrogens with one attached hydrogen (secondary N) is 2. The summed E-state index contributed by atoms with van der Waals surface area (Å²) in [5, 5.41) is 16.1. The Labute approximate surface area is 235 Å². The van der Waals surface area contributed by atoms with Crippen LogP contribution in [0.4, 0.5) is 23.1 Å². The van der Waals surface area contributed by atoms with E-state index in [1.54, 1.807) is 43.5 Å². The fraction of sp³-hybridized carbons (Fsp3) is 0.533. The Morgan fingerprint density at radius 1 is 1.20 bits per heavy atom. The molecule has 10 heteroatoms. The lowest BCUT2D eigenvalue weighted by Crippen LogP contribution is -2.39. The van der Waals surface area contributed by atoms with Gasteiger partial charge in [-0.2, -0.15) is 4.98 Å². The van der Waals surface area contributed by atoms with Crippen LogP contribution < -0.4 is 25.2 Å². The smallest absolute Gasteiger partial charge is 0.251 e. The highest BCUT2D eigenvalue weighted by Crippen LogP contribution is 2.38. The van der Waals surface area contributed by atoms with Crippen molar-refractivity contribution in [1.29, 1.82) is 0 Å². The SMILES string of the molecule is C=CC[C@H]1CN(C2CCCC2)c2nc(Nc3ccc(C(=O)NC4CCC(O)CC4)cc3OC)ncc2N(C)C1=O. The Balaban J connectivity index is 1.38. The third-order valence-corrected chi connectivity index (χ3v) is 8.44. The number of aliphatic hydroxyl groups is 1. The Morgan fingerprint density at radius 2 is 1.95 bits per heavy atom. The maximum absolute atomic E-state index is 13.3. The molecule has 2 amide bonds. The number of amides is 2. The summed E-state index contributed by atoms with van der Waals surface area (Å²) in [7, 11) is 3.35. The second-order valence-corrected chi connectivity index (χ2v) is 11.1. The van der Waals surface area contributed by atoms with Gasteiger partial charge < -0.3 is 30.3 Å². The number of carbonyl (C=O) groups excluding carboxylic acids is 2. The number of fused-ring (bicyclic) bond motifs is 1. The molecule has 1 aliphatic heterocycles. The van der Waals surface area contributed by atoms with Crippen LogP contribution in [0.3, 0.4) is 0 Å². The molecular weight excluding hydrogens is 508 g/mol. The molecule has 0 unspecified atom stereocenters. The molecule has 3 aliphatic rings. The number of ether oxygens (including phenoxy) is 1. The first kappa shape index (κ1) is 27.9. The van der Waals surface area contributed by atoms with Crippen LogP contribution in [0, 0.1) is 5.92 Å². The molecule has 2 aromatic rings. The van der Waals surface area contributed by atoms with E-state index in [1.165, 1.54) is 12.8 Å². The normalized spacial score (nSPS) is 23.4. The summed E-state index contributed by atoms with van der Waals surface area (Å²) in [6.07, 6.45) is 11.3. The van der Waals surface area contributed by atoms with Gasteiger partial charge in [0.2, 0.25) is 11.9 Å². The van der Waals surface area contributed by atoms with Gasteiger partial charge in [-0.15, -0.1) is 6.58 Å². The average molecular weight is 549 g/mol. The number of benzene rings is 1. The minimum absolute atomic E-state index is 0.0471. The second-order valence-electron chi connectivity index (χ2n) is 11.1. The van der Waals surface area contributed by atoms with Crippen molar-refractivity contribution in [2.45, 2.75) is 76.0 Å². The molecule has 10 nitrogen and oxygen atoms in total. The molecule has 214 valence electrons. The summed E-state index contributed by atoms with van der Waals surface area (Å²) in [6.45, 7) is 4.46. The van der Waals surface area contributed by atoms with E-state index in [-0.39, 0.29) is 29.9 Å². The van der Waals surface area contributed by atoms with Crippen LogP contribution in [-0.2, 0) is 4.79 Å². The van der Waals surface area contributed by atoms with Gasteiger partial charge in [-0.3, -0.25) is 9.59 Å². The molecule has 2 aliphatic carbocycles. The standard InChI is InChI=1S/C30H40N6O4/c1-4-7-20-18-36(22-8-5-6-9-22)27-25(35(2)29(20)39)17-31-30(34-27)33-24-15-10-19(16-26(24)40-3)28(38)32-21-11-13-23(37)14-12-21/h4,10,15-17,20-23,37H,1,5-9,11-14,18H2,2-3H3,(H,32,38)(H,31,33,34)/t20-,21?,23?/m0/s1. The van der Waals surface area contributed by atoms with Crippen molar-refractivity contribution >= 4 is 35.0 Å². The molecular formula is C30H40N6O4. The lowest BCUT2D eigenvalue weighted by molar-refractivity contribution is -0.121. The van der Waals surface area contributed by atoms with Gasteiger partial charge in [-0.1, -0.05) is 18.9 Å². The van der Waals surface area contributed by atoms with Gasteiger partial charge in [-0.05, 0) is 63.1 Å². The number of nitrogens with zero attached hydrogens (tertiary/aromatic N) is 4. The molecule has 0 spiro atoms. The van der Waals surface area contributed by atoms with Crippen LogP contribution in [0.15, 0.2) is 37.1 Å². The van der Waals surface area contributed by atoms with Gasteiger partial charge in [0.15, 0.2) is 5.82 Å². The van der Waals surface area contributed by atoms with Crippen molar-refractivity contribution in [3.63, 3.8) is 0 Å². The molecule has 40 heavy (non-hydrogen) atoms. The number of aliphatic hydroxyl groups excluding tert-OH is 1. The van der Waals surface area contributed by atoms with Gasteiger partial charge in [0.05, 0.1) is 31.0 Å². The molecule has 1 atom stereocenters. The molecule has 0 saturated heterocycles. The Bertz CT molecular complexity index is 1240. The predicted octanol–water partition coefficient (Wildman–Crippen LogP) is 4.18. The zero-order valence-electron chi connectivity index (χ0n) is 23.4. The topological polar surface area (TPSA) is 120 Å². The van der Waals surface area contributed by atoms with Gasteiger partial charge in [0.25, 0.3) is 5.91 Å². The molecule has 0 radical (unpaired) electrons. The average Bonchev–Trinajstić information content (AvgIpc) is 3.48. The fourth-order valence-corrected chi connectivity index (χ4v) is 6.13. The third kappa shape index (κ3) is 5.91. The van der Waals surface area contributed by atoms with E-state index >= 15 is 0 Å². The van der Waals surface area contributed by atoms with E-state index in [4.69, 9.17) is 9.72 Å². The van der Waals surface area contributed by atoms with Gasteiger partial charge in [0.1, 0.15) is 11.4 Å². The molecule has 2 saturated carbocycles. The van der Waals surface area contributed by atoms with Crippen molar-refractivity contribution in [3.05, 3.63) is 42.6 Å². The third-order valence-electron chi connectivity index (χ3n) is 8.44. The Hall–Kier alpha value is -3.66.